The molecular formula is C17H20BrNO2. The molecule has 1 atom stereocenters. The maximum Gasteiger partial charge on any atom is 0.124 e. The fourth-order valence-electron chi connectivity index (χ4n) is 2.41. The lowest BCUT2D eigenvalue weighted by Crippen LogP contribution is -2.09. The molecule has 0 saturated carbocycles. The molecule has 0 spiro atoms. The summed E-state index contributed by atoms with van der Waals surface area (Å²) >= 11 is 3.60. The molecule has 0 aliphatic heterocycles. The third kappa shape index (κ3) is 3.50. The van der Waals surface area contributed by atoms with Gasteiger partial charge in [0.2, 0.25) is 0 Å². The number of benzene rings is 2. The third-order valence-corrected chi connectivity index (χ3v) is 4.12. The first kappa shape index (κ1) is 15.7. The quantitative estimate of drug-likeness (QED) is 0.820. The van der Waals surface area contributed by atoms with E-state index in [4.69, 9.17) is 4.74 Å². The molecule has 0 heterocycles. The summed E-state index contributed by atoms with van der Waals surface area (Å²) in [4.78, 5) is 0. The van der Waals surface area contributed by atoms with Crippen LogP contribution in [-0.4, -0.2) is 12.2 Å². The van der Waals surface area contributed by atoms with Crippen LogP contribution in [0.25, 0.3) is 0 Å². The number of phenolic OH excluding ortho intramolecular Hbond substituents is 1. The van der Waals surface area contributed by atoms with E-state index < -0.39 is 0 Å². The zero-order valence-electron chi connectivity index (χ0n) is 12.7. The summed E-state index contributed by atoms with van der Waals surface area (Å²) in [5.41, 5.74) is 4.26. The van der Waals surface area contributed by atoms with E-state index in [2.05, 4.69) is 47.2 Å². The molecule has 0 saturated heterocycles. The van der Waals surface area contributed by atoms with Gasteiger partial charge in [-0.1, -0.05) is 6.07 Å². The Morgan fingerprint density at radius 1 is 1.19 bits per heavy atom. The van der Waals surface area contributed by atoms with Gasteiger partial charge in [0.15, 0.2) is 0 Å². The van der Waals surface area contributed by atoms with Gasteiger partial charge in [-0.2, -0.15) is 0 Å². The van der Waals surface area contributed by atoms with Gasteiger partial charge in [0.05, 0.1) is 18.8 Å². The summed E-state index contributed by atoms with van der Waals surface area (Å²) < 4.78 is 6.14. The molecule has 3 nitrogen and oxygen atoms in total. The Morgan fingerprint density at radius 2 is 1.90 bits per heavy atom. The van der Waals surface area contributed by atoms with E-state index in [0.717, 1.165) is 15.7 Å². The maximum atomic E-state index is 10.1. The lowest BCUT2D eigenvalue weighted by molar-refractivity contribution is 0.406. The minimum absolute atomic E-state index is 0.0198. The highest BCUT2D eigenvalue weighted by Crippen LogP contribution is 2.34. The molecule has 0 bridgehead atoms. The van der Waals surface area contributed by atoms with Gasteiger partial charge < -0.3 is 15.2 Å². The molecule has 0 radical (unpaired) electrons. The number of ether oxygens (including phenoxy) is 1. The first-order chi connectivity index (χ1) is 9.92. The Kier molecular flexibility index (Phi) is 4.78. The fourth-order valence-corrected chi connectivity index (χ4v) is 3.20. The summed E-state index contributed by atoms with van der Waals surface area (Å²) in [6.45, 7) is 6.16. The molecule has 0 aliphatic carbocycles. The van der Waals surface area contributed by atoms with Gasteiger partial charge >= 0.3 is 0 Å². The average molecular weight is 350 g/mol. The second-order valence-corrected chi connectivity index (χ2v) is 6.08. The maximum absolute atomic E-state index is 10.1. The van der Waals surface area contributed by atoms with Crippen LogP contribution in [0.4, 0.5) is 5.69 Å². The molecule has 4 heteroatoms. The van der Waals surface area contributed by atoms with Crippen LogP contribution in [-0.2, 0) is 0 Å². The monoisotopic (exact) mass is 349 g/mol. The van der Waals surface area contributed by atoms with Crippen molar-refractivity contribution in [3.63, 3.8) is 0 Å². The molecular weight excluding hydrogens is 330 g/mol. The molecule has 2 aromatic carbocycles. The molecule has 2 rings (SSSR count). The van der Waals surface area contributed by atoms with Gasteiger partial charge in [0, 0.05) is 16.1 Å². The van der Waals surface area contributed by atoms with Crippen molar-refractivity contribution in [2.24, 2.45) is 0 Å². The highest BCUT2D eigenvalue weighted by molar-refractivity contribution is 9.10. The van der Waals surface area contributed by atoms with Crippen molar-refractivity contribution >= 4 is 21.6 Å². The second kappa shape index (κ2) is 6.39. The zero-order chi connectivity index (χ0) is 15.6. The van der Waals surface area contributed by atoms with Crippen molar-refractivity contribution in [2.45, 2.75) is 26.8 Å². The first-order valence-corrected chi connectivity index (χ1v) is 7.62. The zero-order valence-corrected chi connectivity index (χ0v) is 14.3. The number of phenols is 1. The van der Waals surface area contributed by atoms with E-state index in [1.54, 1.807) is 13.2 Å². The summed E-state index contributed by atoms with van der Waals surface area (Å²) in [5, 5.41) is 13.6. The number of anilines is 1. The van der Waals surface area contributed by atoms with Crippen LogP contribution < -0.4 is 10.1 Å². The van der Waals surface area contributed by atoms with Crippen LogP contribution in [0.5, 0.6) is 11.5 Å². The average Bonchev–Trinajstić information content (AvgIpc) is 2.42. The molecule has 112 valence electrons. The van der Waals surface area contributed by atoms with Gasteiger partial charge in [-0.05, 0) is 66.0 Å². The van der Waals surface area contributed by atoms with E-state index in [1.807, 2.05) is 19.1 Å². The second-order valence-electron chi connectivity index (χ2n) is 5.23. The standard InChI is InChI=1S/C17H20BrNO2/c1-10-7-11(2)17(15(18)8-10)19-12(3)14-6-5-13(21-4)9-16(14)20/h5-9,12,19-20H,1-4H3. The summed E-state index contributed by atoms with van der Waals surface area (Å²) in [6.07, 6.45) is 0. The van der Waals surface area contributed by atoms with E-state index in [9.17, 15) is 5.11 Å². The van der Waals surface area contributed by atoms with Crippen LogP contribution in [0, 0.1) is 13.8 Å². The van der Waals surface area contributed by atoms with Gasteiger partial charge in [-0.3, -0.25) is 0 Å². The van der Waals surface area contributed by atoms with Crippen LogP contribution in [0.3, 0.4) is 0 Å². The molecule has 2 N–H and O–H groups in total. The lowest BCUT2D eigenvalue weighted by atomic mass is 10.0. The summed E-state index contributed by atoms with van der Waals surface area (Å²) in [6, 6.07) is 9.55. The molecule has 21 heavy (non-hydrogen) atoms. The van der Waals surface area contributed by atoms with Crippen LogP contribution in [0.2, 0.25) is 0 Å². The SMILES string of the molecule is COc1ccc(C(C)Nc2c(C)cc(C)cc2Br)c(O)c1. The molecule has 2 aromatic rings. The van der Waals surface area contributed by atoms with E-state index in [0.29, 0.717) is 5.75 Å². The predicted octanol–water partition coefficient (Wildman–Crippen LogP) is 4.95. The topological polar surface area (TPSA) is 41.5 Å². The molecule has 0 amide bonds. The van der Waals surface area contributed by atoms with Gasteiger partial charge in [0.25, 0.3) is 0 Å². The van der Waals surface area contributed by atoms with Crippen LogP contribution in [0.15, 0.2) is 34.8 Å². The Morgan fingerprint density at radius 3 is 2.48 bits per heavy atom. The van der Waals surface area contributed by atoms with Crippen molar-refractivity contribution in [1.82, 2.24) is 0 Å². The van der Waals surface area contributed by atoms with Crippen LogP contribution >= 0.6 is 15.9 Å². The molecule has 0 fully saturated rings. The Bertz CT molecular complexity index is 632. The number of nitrogens with one attached hydrogen (secondary N) is 1. The number of aryl methyl sites for hydroxylation is 2. The van der Waals surface area contributed by atoms with E-state index in [1.165, 1.54) is 11.1 Å². The Labute approximate surface area is 134 Å². The summed E-state index contributed by atoms with van der Waals surface area (Å²) in [7, 11) is 1.59. The van der Waals surface area contributed by atoms with Gasteiger partial charge in [-0.25, -0.2) is 0 Å². The minimum Gasteiger partial charge on any atom is -0.507 e. The van der Waals surface area contributed by atoms with Crippen molar-refractivity contribution < 1.29 is 9.84 Å². The van der Waals surface area contributed by atoms with Crippen molar-refractivity contribution in [3.05, 3.63) is 51.5 Å². The lowest BCUT2D eigenvalue weighted by Gasteiger charge is -2.20. The number of hydrogen-bond donors (Lipinski definition) is 2. The number of methoxy groups -OCH3 is 1. The Balaban J connectivity index is 2.28. The smallest absolute Gasteiger partial charge is 0.124 e. The fraction of sp³-hybridized carbons (Fsp3) is 0.294. The first-order valence-electron chi connectivity index (χ1n) is 6.82. The normalized spacial score (nSPS) is 12.0. The van der Waals surface area contributed by atoms with Crippen LogP contribution in [0.1, 0.15) is 29.7 Å². The third-order valence-electron chi connectivity index (χ3n) is 3.50. The van der Waals surface area contributed by atoms with E-state index in [-0.39, 0.29) is 11.8 Å². The number of halogens is 1. The van der Waals surface area contributed by atoms with Crippen molar-refractivity contribution in [3.8, 4) is 11.5 Å². The largest absolute Gasteiger partial charge is 0.507 e. The van der Waals surface area contributed by atoms with Gasteiger partial charge in [-0.15, -0.1) is 0 Å². The molecule has 0 aromatic heterocycles. The predicted molar refractivity (Wildman–Crippen MR) is 90.3 cm³/mol. The number of hydrogen-bond acceptors (Lipinski definition) is 3. The van der Waals surface area contributed by atoms with Crippen molar-refractivity contribution in [1.29, 1.82) is 0 Å². The van der Waals surface area contributed by atoms with Crippen molar-refractivity contribution in [2.75, 3.05) is 12.4 Å². The molecule has 1 unspecified atom stereocenters. The number of aromatic hydroxyl groups is 1. The van der Waals surface area contributed by atoms with E-state index >= 15 is 0 Å². The van der Waals surface area contributed by atoms with Gasteiger partial charge in [0.1, 0.15) is 11.5 Å². The minimum atomic E-state index is -0.0198. The highest BCUT2D eigenvalue weighted by atomic mass is 79.9. The Hall–Kier alpha value is -1.68. The number of rotatable bonds is 4. The molecule has 0 aliphatic rings. The highest BCUT2D eigenvalue weighted by Gasteiger charge is 2.14. The summed E-state index contributed by atoms with van der Waals surface area (Å²) in [5.74, 6) is 0.881.